The number of hydrogen-bond donors (Lipinski definition) is 0. The minimum absolute atomic E-state index is 0.498. The molecule has 1 spiro atoms. The van der Waals surface area contributed by atoms with Gasteiger partial charge in [-0.1, -0.05) is 5.10 Å². The van der Waals surface area contributed by atoms with E-state index < -0.39 is 0 Å². The van der Waals surface area contributed by atoms with E-state index in [1.807, 2.05) is 13.1 Å². The molecule has 0 N–H and O–H groups in total. The van der Waals surface area contributed by atoms with E-state index in [9.17, 15) is 0 Å². The van der Waals surface area contributed by atoms with Crippen molar-refractivity contribution in [2.24, 2.45) is 5.41 Å². The molecule has 3 heterocycles. The summed E-state index contributed by atoms with van der Waals surface area (Å²) in [5.41, 5.74) is 0.498. The smallest absolute Gasteiger partial charge is 0.318 e. The van der Waals surface area contributed by atoms with Crippen LogP contribution in [0.2, 0.25) is 0 Å². The van der Waals surface area contributed by atoms with E-state index in [0.29, 0.717) is 23.4 Å². The monoisotopic (exact) mass is 319 g/mol. The van der Waals surface area contributed by atoms with E-state index in [4.69, 9.17) is 4.42 Å². The highest BCUT2D eigenvalue weighted by atomic mass is 32.1. The quantitative estimate of drug-likeness (QED) is 0.862. The van der Waals surface area contributed by atoms with Gasteiger partial charge in [-0.05, 0) is 31.7 Å². The summed E-state index contributed by atoms with van der Waals surface area (Å²) >= 11 is 1.74. The van der Waals surface area contributed by atoms with Crippen molar-refractivity contribution in [1.29, 1.82) is 0 Å². The molecule has 22 heavy (non-hydrogen) atoms. The topological polar surface area (TPSA) is 58.3 Å². The average Bonchev–Trinajstić information content (AvgIpc) is 2.88. The van der Waals surface area contributed by atoms with E-state index in [2.05, 4.69) is 37.4 Å². The van der Waals surface area contributed by atoms with Crippen LogP contribution in [0, 0.1) is 12.3 Å². The highest BCUT2D eigenvalue weighted by molar-refractivity contribution is 7.09. The van der Waals surface area contributed by atoms with Gasteiger partial charge in [-0.3, -0.25) is 4.90 Å². The van der Waals surface area contributed by atoms with Crippen LogP contribution in [0.15, 0.2) is 16.0 Å². The van der Waals surface area contributed by atoms with Crippen LogP contribution in [-0.2, 0) is 6.54 Å². The van der Waals surface area contributed by atoms with E-state index in [0.717, 1.165) is 19.6 Å². The Morgan fingerprint density at radius 2 is 2.23 bits per heavy atom. The average molecular weight is 319 g/mol. The summed E-state index contributed by atoms with van der Waals surface area (Å²) in [4.78, 5) is 9.10. The first-order valence-electron chi connectivity index (χ1n) is 7.80. The van der Waals surface area contributed by atoms with E-state index in [-0.39, 0.29) is 0 Å². The molecule has 7 heteroatoms. The zero-order valence-electron chi connectivity index (χ0n) is 13.0. The lowest BCUT2D eigenvalue weighted by Crippen LogP contribution is -2.38. The maximum Gasteiger partial charge on any atom is 0.318 e. The fourth-order valence-corrected chi connectivity index (χ4v) is 4.38. The van der Waals surface area contributed by atoms with E-state index in [1.54, 1.807) is 11.3 Å². The van der Waals surface area contributed by atoms with Crippen molar-refractivity contribution in [1.82, 2.24) is 20.1 Å². The first-order chi connectivity index (χ1) is 10.7. The summed E-state index contributed by atoms with van der Waals surface area (Å²) in [6.07, 6.45) is 5.62. The molecule has 0 amide bonds. The van der Waals surface area contributed by atoms with Crippen LogP contribution < -0.4 is 4.90 Å². The summed E-state index contributed by atoms with van der Waals surface area (Å²) in [6, 6.07) is 1.38. The number of aromatic nitrogens is 3. The van der Waals surface area contributed by atoms with Gasteiger partial charge in [0.1, 0.15) is 5.01 Å². The van der Waals surface area contributed by atoms with Gasteiger partial charge in [0.25, 0.3) is 0 Å². The molecule has 1 atom stereocenters. The number of anilines is 1. The molecule has 1 aliphatic heterocycles. The van der Waals surface area contributed by atoms with Crippen molar-refractivity contribution in [3.05, 3.63) is 22.5 Å². The van der Waals surface area contributed by atoms with Gasteiger partial charge in [-0.2, -0.15) is 0 Å². The van der Waals surface area contributed by atoms with Crippen molar-refractivity contribution < 1.29 is 4.42 Å². The van der Waals surface area contributed by atoms with Crippen LogP contribution in [-0.4, -0.2) is 46.3 Å². The lowest BCUT2D eigenvalue weighted by Gasteiger charge is -2.32. The predicted octanol–water partition coefficient (Wildman–Crippen LogP) is 2.33. The lowest BCUT2D eigenvalue weighted by atomic mass is 9.92. The van der Waals surface area contributed by atoms with Crippen LogP contribution in [0.3, 0.4) is 0 Å². The Balaban J connectivity index is 1.34. The van der Waals surface area contributed by atoms with Gasteiger partial charge >= 0.3 is 6.01 Å². The van der Waals surface area contributed by atoms with Crippen LogP contribution in [0.1, 0.15) is 30.2 Å². The van der Waals surface area contributed by atoms with Crippen LogP contribution in [0.4, 0.5) is 6.01 Å². The second kappa shape index (κ2) is 5.31. The molecule has 0 bridgehead atoms. The van der Waals surface area contributed by atoms with Crippen LogP contribution in [0.25, 0.3) is 0 Å². The molecule has 4 rings (SSSR count). The molecule has 118 valence electrons. The number of piperidine rings is 1. The summed E-state index contributed by atoms with van der Waals surface area (Å²) in [7, 11) is 2.23. The molecule has 0 aromatic carbocycles. The molecule has 1 aliphatic carbocycles. The number of hydrogen-bond acceptors (Lipinski definition) is 7. The number of thiazole rings is 1. The highest BCUT2D eigenvalue weighted by Gasteiger charge is 2.56. The summed E-state index contributed by atoms with van der Waals surface area (Å²) in [5.74, 6) is 0.641. The predicted molar refractivity (Wildman–Crippen MR) is 84.9 cm³/mol. The van der Waals surface area contributed by atoms with Gasteiger partial charge in [0.05, 0.1) is 6.54 Å². The van der Waals surface area contributed by atoms with Crippen LogP contribution >= 0.6 is 11.3 Å². The molecule has 1 unspecified atom stereocenters. The summed E-state index contributed by atoms with van der Waals surface area (Å²) in [5, 5.41) is 11.3. The number of nitrogens with zero attached hydrogens (tertiary/aromatic N) is 5. The number of aryl methyl sites for hydroxylation is 1. The first kappa shape index (κ1) is 14.1. The van der Waals surface area contributed by atoms with Crippen molar-refractivity contribution in [3.8, 4) is 0 Å². The third-order valence-corrected chi connectivity index (χ3v) is 5.86. The Hall–Kier alpha value is -1.47. The molecule has 1 saturated heterocycles. The SMILES string of the molecule is Cc1nnc(N2CCC3(CC2)CC3N(C)Cc2nccs2)o1. The molecule has 6 nitrogen and oxygen atoms in total. The molecule has 1 saturated carbocycles. The molecular formula is C15H21N5OS. The molecule has 2 aliphatic rings. The third-order valence-electron chi connectivity index (χ3n) is 5.09. The van der Waals surface area contributed by atoms with E-state index in [1.165, 1.54) is 24.3 Å². The zero-order valence-corrected chi connectivity index (χ0v) is 13.8. The highest BCUT2D eigenvalue weighted by Crippen LogP contribution is 2.56. The van der Waals surface area contributed by atoms with Gasteiger partial charge < -0.3 is 9.32 Å². The van der Waals surface area contributed by atoms with Crippen molar-refractivity contribution in [2.45, 2.75) is 38.8 Å². The van der Waals surface area contributed by atoms with E-state index >= 15 is 0 Å². The lowest BCUT2D eigenvalue weighted by molar-refractivity contribution is 0.236. The van der Waals surface area contributed by atoms with Crippen LogP contribution in [0.5, 0.6) is 0 Å². The minimum Gasteiger partial charge on any atom is -0.408 e. The third kappa shape index (κ3) is 2.52. The van der Waals surface area contributed by atoms with Gasteiger partial charge in [-0.25, -0.2) is 4.98 Å². The van der Waals surface area contributed by atoms with Crippen molar-refractivity contribution in [2.75, 3.05) is 25.0 Å². The maximum absolute atomic E-state index is 5.54. The molecule has 2 aromatic heterocycles. The Labute approximate surface area is 134 Å². The first-order valence-corrected chi connectivity index (χ1v) is 8.68. The minimum atomic E-state index is 0.498. The van der Waals surface area contributed by atoms with Crippen molar-refractivity contribution in [3.63, 3.8) is 0 Å². The Morgan fingerprint density at radius 1 is 1.41 bits per heavy atom. The maximum atomic E-state index is 5.54. The fourth-order valence-electron chi connectivity index (χ4n) is 3.70. The zero-order chi connectivity index (χ0) is 15.2. The Bertz CT molecular complexity index is 632. The molecule has 2 aromatic rings. The molecular weight excluding hydrogens is 298 g/mol. The Morgan fingerprint density at radius 3 is 2.86 bits per heavy atom. The van der Waals surface area contributed by atoms with Crippen molar-refractivity contribution >= 4 is 17.4 Å². The molecule has 2 fully saturated rings. The second-order valence-electron chi connectivity index (χ2n) is 6.51. The molecule has 0 radical (unpaired) electrons. The normalized spacial score (nSPS) is 23.4. The fraction of sp³-hybridized carbons (Fsp3) is 0.667. The number of rotatable bonds is 4. The summed E-state index contributed by atoms with van der Waals surface area (Å²) < 4.78 is 5.54. The standard InChI is InChI=1S/C15H21N5OS/c1-11-17-18-14(21-11)20-6-3-15(4-7-20)9-12(15)19(2)10-13-16-5-8-22-13/h5,8,12H,3-4,6-7,9-10H2,1-2H3. The van der Waals surface area contributed by atoms with Gasteiger partial charge in [0.15, 0.2) is 0 Å². The largest absolute Gasteiger partial charge is 0.408 e. The summed E-state index contributed by atoms with van der Waals surface area (Å²) in [6.45, 7) is 4.84. The van der Waals surface area contributed by atoms with Gasteiger partial charge in [-0.15, -0.1) is 16.4 Å². The van der Waals surface area contributed by atoms with Gasteiger partial charge in [0, 0.05) is 37.6 Å². The Kier molecular flexibility index (Phi) is 3.41. The van der Waals surface area contributed by atoms with Gasteiger partial charge in [0.2, 0.25) is 5.89 Å². The second-order valence-corrected chi connectivity index (χ2v) is 7.49.